The Bertz CT molecular complexity index is 1730. The molecule has 0 spiro atoms. The number of halogens is 1. The van der Waals surface area contributed by atoms with Gasteiger partial charge in [-0.2, -0.15) is 0 Å². The Hall–Kier alpha value is -4.54. The number of ether oxygens (including phenoxy) is 1. The Morgan fingerprint density at radius 2 is 1.45 bits per heavy atom. The number of hydrogen-bond acceptors (Lipinski definition) is 5. The van der Waals surface area contributed by atoms with Crippen molar-refractivity contribution in [2.24, 2.45) is 0 Å². The van der Waals surface area contributed by atoms with Gasteiger partial charge in [-0.1, -0.05) is 66.7 Å². The number of hydrogen-bond donors (Lipinski definition) is 2. The largest absolute Gasteiger partial charge is 0.497 e. The molecule has 1 atom stereocenters. The van der Waals surface area contributed by atoms with Gasteiger partial charge in [0.15, 0.2) is 0 Å². The maximum absolute atomic E-state index is 14.0. The minimum atomic E-state index is -3.58. The predicted octanol–water partition coefficient (Wildman–Crippen LogP) is 5.21. The molecular formula is C37H40FN3O5S. The highest BCUT2D eigenvalue weighted by Crippen LogP contribution is 2.23. The number of benzene rings is 4. The van der Waals surface area contributed by atoms with Crippen molar-refractivity contribution in [2.45, 2.75) is 62.0 Å². The number of nitrogens with one attached hydrogen (secondary N) is 2. The minimum absolute atomic E-state index is 0.00728. The quantitative estimate of drug-likeness (QED) is 0.172. The SMILES string of the molecule is COc1ccc(CCNC(=O)[C@H](Cc2ccccc2)N(Cc2ccc(F)cc2)C(=O)CCc2ccc(S(=O)(=O)NC3CC3)cc2)cc1. The summed E-state index contributed by atoms with van der Waals surface area (Å²) in [6.07, 6.45) is 3.04. The fourth-order valence-corrected chi connectivity index (χ4v) is 6.60. The summed E-state index contributed by atoms with van der Waals surface area (Å²) < 4.78 is 46.8. The summed E-state index contributed by atoms with van der Waals surface area (Å²) in [6.45, 7) is 0.492. The lowest BCUT2D eigenvalue weighted by molar-refractivity contribution is -0.141. The number of amides is 2. The van der Waals surface area contributed by atoms with Crippen LogP contribution in [0.3, 0.4) is 0 Å². The van der Waals surface area contributed by atoms with Crippen molar-refractivity contribution >= 4 is 21.8 Å². The Balaban J connectivity index is 1.33. The molecule has 4 aromatic carbocycles. The topological polar surface area (TPSA) is 105 Å². The van der Waals surface area contributed by atoms with E-state index >= 15 is 0 Å². The predicted molar refractivity (Wildman–Crippen MR) is 179 cm³/mol. The summed E-state index contributed by atoms with van der Waals surface area (Å²) in [7, 11) is -1.97. The van der Waals surface area contributed by atoms with Crippen LogP contribution in [-0.4, -0.2) is 50.9 Å². The lowest BCUT2D eigenvalue weighted by Crippen LogP contribution is -2.50. The van der Waals surface area contributed by atoms with Crippen molar-refractivity contribution in [3.05, 3.63) is 131 Å². The molecule has 1 saturated carbocycles. The van der Waals surface area contributed by atoms with Gasteiger partial charge in [0, 0.05) is 32.0 Å². The number of carbonyl (C=O) groups is 2. The molecule has 47 heavy (non-hydrogen) atoms. The molecule has 1 aliphatic rings. The number of sulfonamides is 1. The second-order valence-electron chi connectivity index (χ2n) is 11.8. The number of methoxy groups -OCH3 is 1. The number of carbonyl (C=O) groups excluding carboxylic acids is 2. The molecule has 246 valence electrons. The summed E-state index contributed by atoms with van der Waals surface area (Å²) in [5.41, 5.74) is 3.43. The second kappa shape index (κ2) is 15.8. The minimum Gasteiger partial charge on any atom is -0.497 e. The Morgan fingerprint density at radius 1 is 0.830 bits per heavy atom. The van der Waals surface area contributed by atoms with Crippen molar-refractivity contribution in [3.8, 4) is 5.75 Å². The Kier molecular flexibility index (Phi) is 11.4. The van der Waals surface area contributed by atoms with E-state index in [0.717, 1.165) is 35.3 Å². The van der Waals surface area contributed by atoms with Gasteiger partial charge >= 0.3 is 0 Å². The summed E-state index contributed by atoms with van der Waals surface area (Å²) in [5.74, 6) is -0.160. The number of aryl methyl sites for hydroxylation is 1. The van der Waals surface area contributed by atoms with Crippen LogP contribution in [-0.2, 0) is 45.4 Å². The molecule has 10 heteroatoms. The molecule has 1 aliphatic carbocycles. The molecule has 2 amide bonds. The van der Waals surface area contributed by atoms with E-state index < -0.39 is 16.1 Å². The van der Waals surface area contributed by atoms with Crippen LogP contribution >= 0.6 is 0 Å². The zero-order valence-corrected chi connectivity index (χ0v) is 27.2. The fourth-order valence-electron chi connectivity index (χ4n) is 5.30. The number of rotatable bonds is 16. The van der Waals surface area contributed by atoms with Crippen molar-refractivity contribution in [1.82, 2.24) is 14.9 Å². The molecule has 5 rings (SSSR count). The molecule has 0 bridgehead atoms. The standard InChI is InChI=1S/C37H40FN3O5S/c1-46-33-18-9-28(10-19-33)23-24-39-37(43)35(25-29-5-3-2-4-6-29)41(26-30-7-14-31(38)15-8-30)36(42)22-13-27-11-20-34(21-12-27)47(44,45)40-32-16-17-32/h2-12,14-15,18-21,32,35,40H,13,16-17,22-26H2,1H3,(H,39,43)/t35-/m0/s1. The molecule has 0 heterocycles. The van der Waals surface area contributed by atoms with Crippen molar-refractivity contribution < 1.29 is 27.1 Å². The van der Waals surface area contributed by atoms with Crippen LogP contribution in [0.15, 0.2) is 108 Å². The molecule has 8 nitrogen and oxygen atoms in total. The molecular weight excluding hydrogens is 617 g/mol. The van der Waals surface area contributed by atoms with Crippen LogP contribution in [0.1, 0.15) is 41.5 Å². The zero-order chi connectivity index (χ0) is 33.2. The van der Waals surface area contributed by atoms with E-state index in [4.69, 9.17) is 4.74 Å². The Morgan fingerprint density at radius 3 is 2.09 bits per heavy atom. The van der Waals surface area contributed by atoms with E-state index in [1.54, 1.807) is 48.4 Å². The van der Waals surface area contributed by atoms with E-state index in [-0.39, 0.29) is 41.5 Å². The summed E-state index contributed by atoms with van der Waals surface area (Å²) in [5, 5.41) is 3.04. The smallest absolute Gasteiger partial charge is 0.243 e. The van der Waals surface area contributed by atoms with E-state index in [0.29, 0.717) is 31.4 Å². The van der Waals surface area contributed by atoms with Crippen molar-refractivity contribution in [1.29, 1.82) is 0 Å². The maximum Gasteiger partial charge on any atom is 0.243 e. The van der Waals surface area contributed by atoms with E-state index in [2.05, 4.69) is 10.0 Å². The average Bonchev–Trinajstić information content (AvgIpc) is 3.90. The summed E-state index contributed by atoms with van der Waals surface area (Å²) in [6, 6.07) is 28.8. The summed E-state index contributed by atoms with van der Waals surface area (Å²) in [4.78, 5) is 29.6. The van der Waals surface area contributed by atoms with Gasteiger partial charge in [-0.25, -0.2) is 17.5 Å². The first-order chi connectivity index (χ1) is 22.7. The van der Waals surface area contributed by atoms with Crippen LogP contribution in [0.5, 0.6) is 5.75 Å². The summed E-state index contributed by atoms with van der Waals surface area (Å²) >= 11 is 0. The van der Waals surface area contributed by atoms with Crippen molar-refractivity contribution in [3.63, 3.8) is 0 Å². The van der Waals surface area contributed by atoms with Crippen LogP contribution < -0.4 is 14.8 Å². The highest BCUT2D eigenvalue weighted by molar-refractivity contribution is 7.89. The normalized spacial score (nSPS) is 13.5. The van der Waals surface area contributed by atoms with Crippen molar-refractivity contribution in [2.75, 3.05) is 13.7 Å². The van der Waals surface area contributed by atoms with Gasteiger partial charge in [-0.05, 0) is 84.3 Å². The maximum atomic E-state index is 14.0. The highest BCUT2D eigenvalue weighted by atomic mass is 32.2. The third-order valence-corrected chi connectivity index (χ3v) is 9.71. The first kappa shape index (κ1) is 33.8. The van der Waals surface area contributed by atoms with Crippen LogP contribution in [0.2, 0.25) is 0 Å². The van der Waals surface area contributed by atoms with Crippen LogP contribution in [0.4, 0.5) is 4.39 Å². The van der Waals surface area contributed by atoms with Gasteiger partial charge < -0.3 is 15.0 Å². The van der Waals surface area contributed by atoms with Gasteiger partial charge in [0.1, 0.15) is 17.6 Å². The lowest BCUT2D eigenvalue weighted by atomic mass is 10.0. The molecule has 0 radical (unpaired) electrons. The van der Waals surface area contributed by atoms with Gasteiger partial charge in [0.05, 0.1) is 12.0 Å². The lowest BCUT2D eigenvalue weighted by Gasteiger charge is -2.32. The molecule has 4 aromatic rings. The third kappa shape index (κ3) is 9.97. The Labute approximate surface area is 276 Å². The molecule has 0 saturated heterocycles. The molecule has 0 aromatic heterocycles. The second-order valence-corrected chi connectivity index (χ2v) is 13.5. The zero-order valence-electron chi connectivity index (χ0n) is 26.4. The van der Waals surface area contributed by atoms with Crippen LogP contribution in [0, 0.1) is 5.82 Å². The first-order valence-electron chi connectivity index (χ1n) is 15.8. The van der Waals surface area contributed by atoms with Gasteiger partial charge in [-0.3, -0.25) is 9.59 Å². The van der Waals surface area contributed by atoms with Gasteiger partial charge in [0.25, 0.3) is 0 Å². The van der Waals surface area contributed by atoms with E-state index in [1.165, 1.54) is 12.1 Å². The van der Waals surface area contributed by atoms with Crippen LogP contribution in [0.25, 0.3) is 0 Å². The van der Waals surface area contributed by atoms with Gasteiger partial charge in [0.2, 0.25) is 21.8 Å². The monoisotopic (exact) mass is 657 g/mol. The van der Waals surface area contributed by atoms with E-state index in [9.17, 15) is 22.4 Å². The molecule has 0 aliphatic heterocycles. The number of nitrogens with zero attached hydrogens (tertiary/aromatic N) is 1. The highest BCUT2D eigenvalue weighted by Gasteiger charge is 2.31. The molecule has 2 N–H and O–H groups in total. The third-order valence-electron chi connectivity index (χ3n) is 8.17. The first-order valence-corrected chi connectivity index (χ1v) is 17.3. The van der Waals surface area contributed by atoms with E-state index in [1.807, 2.05) is 54.6 Å². The van der Waals surface area contributed by atoms with Gasteiger partial charge in [-0.15, -0.1) is 0 Å². The molecule has 0 unspecified atom stereocenters. The average molecular weight is 658 g/mol. The molecule has 1 fully saturated rings. The fraction of sp³-hybridized carbons (Fsp3) is 0.297.